The molecule has 1 rings (SSSR count). The molecule has 0 radical (unpaired) electrons. The van der Waals surface area contributed by atoms with Crippen molar-refractivity contribution in [1.29, 1.82) is 0 Å². The van der Waals surface area contributed by atoms with Crippen molar-refractivity contribution in [1.82, 2.24) is 0 Å². The minimum atomic E-state index is -0.414. The molecule has 1 amide bonds. The number of carbonyl (C=O) groups is 1. The zero-order valence-electron chi connectivity index (χ0n) is 22.0. The van der Waals surface area contributed by atoms with Crippen LogP contribution < -0.4 is 5.32 Å². The van der Waals surface area contributed by atoms with Crippen LogP contribution in [-0.4, -0.2) is 10.8 Å². The standard InChI is InChI=1S/C29H50N2O3/c1-3-4-5-6-7-8-9-10-11-12-13-14-15-16-17-18-19-20-21-25-29(32)30-27-23-22-24-28(26(27)2)31(33)34/h22-24H,3-21,25H2,1-2H3,(H,30,32). The molecule has 0 bridgehead atoms. The lowest BCUT2D eigenvalue weighted by Gasteiger charge is -2.08. The van der Waals surface area contributed by atoms with E-state index < -0.39 is 4.92 Å². The average Bonchev–Trinajstić information content (AvgIpc) is 2.81. The fourth-order valence-electron chi connectivity index (χ4n) is 4.53. The van der Waals surface area contributed by atoms with Gasteiger partial charge < -0.3 is 5.32 Å². The van der Waals surface area contributed by atoms with Gasteiger partial charge in [-0.2, -0.15) is 0 Å². The summed E-state index contributed by atoms with van der Waals surface area (Å²) < 4.78 is 0. The van der Waals surface area contributed by atoms with E-state index >= 15 is 0 Å². The number of nitro groups is 1. The van der Waals surface area contributed by atoms with Crippen molar-refractivity contribution in [2.24, 2.45) is 0 Å². The Morgan fingerprint density at radius 3 is 1.56 bits per heavy atom. The van der Waals surface area contributed by atoms with Crippen molar-refractivity contribution in [2.45, 2.75) is 142 Å². The van der Waals surface area contributed by atoms with Crippen molar-refractivity contribution in [3.05, 3.63) is 33.9 Å². The molecule has 0 saturated carbocycles. The summed E-state index contributed by atoms with van der Waals surface area (Å²) in [5.74, 6) is -0.0597. The molecule has 1 N–H and O–H groups in total. The first-order chi connectivity index (χ1) is 16.6. The first kappa shape index (κ1) is 30.1. The normalized spacial score (nSPS) is 11.0. The highest BCUT2D eigenvalue weighted by atomic mass is 16.6. The van der Waals surface area contributed by atoms with Crippen LogP contribution >= 0.6 is 0 Å². The molecule has 1 aromatic rings. The van der Waals surface area contributed by atoms with Crippen molar-refractivity contribution < 1.29 is 9.72 Å². The highest BCUT2D eigenvalue weighted by Gasteiger charge is 2.14. The van der Waals surface area contributed by atoms with Crippen LogP contribution in [0.3, 0.4) is 0 Å². The molecule has 34 heavy (non-hydrogen) atoms. The van der Waals surface area contributed by atoms with E-state index in [-0.39, 0.29) is 11.6 Å². The van der Waals surface area contributed by atoms with E-state index in [1.165, 1.54) is 115 Å². The largest absolute Gasteiger partial charge is 0.326 e. The number of nitro benzene ring substituents is 1. The van der Waals surface area contributed by atoms with Gasteiger partial charge in [-0.15, -0.1) is 0 Å². The van der Waals surface area contributed by atoms with Gasteiger partial charge in [0.15, 0.2) is 0 Å². The topological polar surface area (TPSA) is 72.2 Å². The molecular formula is C29H50N2O3. The second-order valence-corrected chi connectivity index (χ2v) is 9.87. The third-order valence-electron chi connectivity index (χ3n) is 6.78. The fraction of sp³-hybridized carbons (Fsp3) is 0.759. The van der Waals surface area contributed by atoms with Gasteiger partial charge in [-0.1, -0.05) is 129 Å². The lowest BCUT2D eigenvalue weighted by molar-refractivity contribution is -0.385. The molecule has 0 saturated heterocycles. The van der Waals surface area contributed by atoms with Crippen molar-refractivity contribution in [3.63, 3.8) is 0 Å². The Morgan fingerprint density at radius 2 is 1.15 bits per heavy atom. The molecule has 0 aliphatic carbocycles. The molecule has 0 heterocycles. The van der Waals surface area contributed by atoms with Crippen LogP contribution in [0.5, 0.6) is 0 Å². The molecule has 0 aliphatic heterocycles. The Balaban J connectivity index is 1.87. The summed E-state index contributed by atoms with van der Waals surface area (Å²) in [6, 6.07) is 4.79. The van der Waals surface area contributed by atoms with Gasteiger partial charge in [0.05, 0.1) is 16.2 Å². The summed E-state index contributed by atoms with van der Waals surface area (Å²) in [6.07, 6.45) is 25.8. The number of hydrogen-bond acceptors (Lipinski definition) is 3. The van der Waals surface area contributed by atoms with Crippen LogP contribution in [0.2, 0.25) is 0 Å². The van der Waals surface area contributed by atoms with Crippen LogP contribution in [0.15, 0.2) is 18.2 Å². The second-order valence-electron chi connectivity index (χ2n) is 9.87. The molecule has 194 valence electrons. The molecule has 0 fully saturated rings. The number of unbranched alkanes of at least 4 members (excludes halogenated alkanes) is 18. The van der Waals surface area contributed by atoms with E-state index in [0.717, 1.165) is 12.8 Å². The Bertz CT molecular complexity index is 675. The SMILES string of the molecule is CCCCCCCCCCCCCCCCCCCCCC(=O)Nc1cccc([N+](=O)[O-])c1C. The van der Waals surface area contributed by atoms with Crippen LogP contribution in [0.4, 0.5) is 11.4 Å². The number of benzene rings is 1. The van der Waals surface area contributed by atoms with Crippen LogP contribution in [0.25, 0.3) is 0 Å². The molecular weight excluding hydrogens is 424 g/mol. The zero-order chi connectivity index (χ0) is 24.9. The number of nitrogens with one attached hydrogen (secondary N) is 1. The van der Waals surface area contributed by atoms with E-state index in [1.54, 1.807) is 19.1 Å². The summed E-state index contributed by atoms with van der Waals surface area (Å²) in [5.41, 5.74) is 1.09. The first-order valence-corrected chi connectivity index (χ1v) is 14.1. The van der Waals surface area contributed by atoms with E-state index in [0.29, 0.717) is 17.7 Å². The number of rotatable bonds is 22. The number of hydrogen-bond donors (Lipinski definition) is 1. The van der Waals surface area contributed by atoms with Gasteiger partial charge in [0, 0.05) is 12.5 Å². The minimum Gasteiger partial charge on any atom is -0.326 e. The monoisotopic (exact) mass is 474 g/mol. The number of amides is 1. The van der Waals surface area contributed by atoms with E-state index in [1.807, 2.05) is 0 Å². The molecule has 0 atom stereocenters. The van der Waals surface area contributed by atoms with Crippen LogP contribution in [-0.2, 0) is 4.79 Å². The summed E-state index contributed by atoms with van der Waals surface area (Å²) in [7, 11) is 0. The van der Waals surface area contributed by atoms with E-state index in [9.17, 15) is 14.9 Å². The minimum absolute atomic E-state index is 0.0429. The highest BCUT2D eigenvalue weighted by Crippen LogP contribution is 2.25. The number of carbonyl (C=O) groups excluding carboxylic acids is 1. The van der Waals surface area contributed by atoms with Gasteiger partial charge in [-0.3, -0.25) is 14.9 Å². The maximum absolute atomic E-state index is 12.1. The molecule has 0 aromatic heterocycles. The maximum Gasteiger partial charge on any atom is 0.274 e. The molecule has 0 spiro atoms. The average molecular weight is 475 g/mol. The lowest BCUT2D eigenvalue weighted by Crippen LogP contribution is -2.12. The first-order valence-electron chi connectivity index (χ1n) is 14.1. The highest BCUT2D eigenvalue weighted by molar-refractivity contribution is 5.92. The Hall–Kier alpha value is -1.91. The summed E-state index contributed by atoms with van der Waals surface area (Å²) in [4.78, 5) is 22.7. The second kappa shape index (κ2) is 20.5. The van der Waals surface area contributed by atoms with Gasteiger partial charge in [0.25, 0.3) is 5.69 Å². The number of anilines is 1. The predicted octanol–water partition coefficient (Wildman–Crippen LogP) is 9.66. The van der Waals surface area contributed by atoms with Crippen molar-refractivity contribution in [3.8, 4) is 0 Å². The Labute approximate surface area is 208 Å². The Kier molecular flexibility index (Phi) is 18.1. The van der Waals surface area contributed by atoms with E-state index in [4.69, 9.17) is 0 Å². The predicted molar refractivity (Wildman–Crippen MR) is 144 cm³/mol. The lowest BCUT2D eigenvalue weighted by atomic mass is 10.0. The van der Waals surface area contributed by atoms with Gasteiger partial charge in [-0.05, 0) is 19.4 Å². The third-order valence-corrected chi connectivity index (χ3v) is 6.78. The quantitative estimate of drug-likeness (QED) is 0.103. The van der Waals surface area contributed by atoms with Gasteiger partial charge in [0.1, 0.15) is 0 Å². The van der Waals surface area contributed by atoms with Crippen LogP contribution in [0, 0.1) is 17.0 Å². The zero-order valence-corrected chi connectivity index (χ0v) is 22.0. The van der Waals surface area contributed by atoms with Crippen molar-refractivity contribution in [2.75, 3.05) is 5.32 Å². The van der Waals surface area contributed by atoms with Crippen molar-refractivity contribution >= 4 is 17.3 Å². The molecule has 1 aromatic carbocycles. The summed E-state index contributed by atoms with van der Waals surface area (Å²) in [6.45, 7) is 3.95. The van der Waals surface area contributed by atoms with E-state index in [2.05, 4.69) is 12.2 Å². The van der Waals surface area contributed by atoms with Crippen LogP contribution in [0.1, 0.15) is 141 Å². The Morgan fingerprint density at radius 1 is 0.735 bits per heavy atom. The van der Waals surface area contributed by atoms with Gasteiger partial charge >= 0.3 is 0 Å². The smallest absolute Gasteiger partial charge is 0.274 e. The third kappa shape index (κ3) is 15.1. The van der Waals surface area contributed by atoms with Gasteiger partial charge in [0.2, 0.25) is 5.91 Å². The summed E-state index contributed by atoms with van der Waals surface area (Å²) >= 11 is 0. The summed E-state index contributed by atoms with van der Waals surface area (Å²) in [5, 5.41) is 13.8. The number of nitrogens with zero attached hydrogens (tertiary/aromatic N) is 1. The molecule has 0 aliphatic rings. The molecule has 5 nitrogen and oxygen atoms in total. The molecule has 0 unspecified atom stereocenters. The maximum atomic E-state index is 12.1. The fourth-order valence-corrected chi connectivity index (χ4v) is 4.53. The van der Waals surface area contributed by atoms with Gasteiger partial charge in [-0.25, -0.2) is 0 Å². The molecule has 5 heteroatoms.